The third-order valence-corrected chi connectivity index (χ3v) is 4.18. The second-order valence-corrected chi connectivity index (χ2v) is 5.48. The first-order chi connectivity index (χ1) is 6.75. The lowest BCUT2D eigenvalue weighted by Crippen LogP contribution is -2.19. The maximum Gasteiger partial charge on any atom is 0.142 e. The molecule has 1 aliphatic rings. The number of hydrogen-bond donors (Lipinski definition) is 1. The molecular formula is C10H12BrNOS. The Morgan fingerprint density at radius 1 is 1.71 bits per heavy atom. The van der Waals surface area contributed by atoms with Crippen LogP contribution in [0.15, 0.2) is 15.9 Å². The summed E-state index contributed by atoms with van der Waals surface area (Å²) in [6, 6.07) is 2.03. The molecular weight excluding hydrogens is 262 g/mol. The van der Waals surface area contributed by atoms with Gasteiger partial charge in [-0.2, -0.15) is 0 Å². The summed E-state index contributed by atoms with van der Waals surface area (Å²) >= 11 is 5.04. The number of halogens is 1. The number of rotatable bonds is 3. The highest BCUT2D eigenvalue weighted by Gasteiger charge is 2.22. The Labute approximate surface area is 95.8 Å². The van der Waals surface area contributed by atoms with Gasteiger partial charge in [-0.1, -0.05) is 0 Å². The SMILES string of the molecule is O=C(Cc1cc(Br)cs1)C1CCNC1. The van der Waals surface area contributed by atoms with Crippen LogP contribution in [0.5, 0.6) is 0 Å². The first kappa shape index (κ1) is 10.3. The summed E-state index contributed by atoms with van der Waals surface area (Å²) in [5.41, 5.74) is 0. The molecule has 14 heavy (non-hydrogen) atoms. The van der Waals surface area contributed by atoms with E-state index in [1.54, 1.807) is 11.3 Å². The molecule has 4 heteroatoms. The van der Waals surface area contributed by atoms with Gasteiger partial charge in [-0.3, -0.25) is 4.79 Å². The molecule has 1 aliphatic heterocycles. The number of carbonyl (C=O) groups is 1. The predicted octanol–water partition coefficient (Wildman–Crippen LogP) is 2.23. The van der Waals surface area contributed by atoms with Gasteiger partial charge in [0.15, 0.2) is 0 Å². The number of Topliss-reactive ketones (excluding diaryl/α,β-unsaturated/α-hetero) is 1. The van der Waals surface area contributed by atoms with E-state index in [1.165, 1.54) is 0 Å². The third-order valence-electron chi connectivity index (χ3n) is 2.49. The summed E-state index contributed by atoms with van der Waals surface area (Å²) in [7, 11) is 0. The molecule has 1 N–H and O–H groups in total. The molecule has 1 atom stereocenters. The molecule has 0 aliphatic carbocycles. The van der Waals surface area contributed by atoms with Crippen LogP contribution in [0.3, 0.4) is 0 Å². The van der Waals surface area contributed by atoms with E-state index < -0.39 is 0 Å². The summed E-state index contributed by atoms with van der Waals surface area (Å²) in [5.74, 6) is 0.625. The molecule has 1 aromatic heterocycles. The molecule has 1 saturated heterocycles. The van der Waals surface area contributed by atoms with Gasteiger partial charge in [-0.15, -0.1) is 11.3 Å². The Balaban J connectivity index is 1.93. The summed E-state index contributed by atoms with van der Waals surface area (Å²) in [4.78, 5) is 12.9. The topological polar surface area (TPSA) is 29.1 Å². The van der Waals surface area contributed by atoms with Crippen LogP contribution >= 0.6 is 27.3 Å². The largest absolute Gasteiger partial charge is 0.316 e. The Morgan fingerprint density at radius 2 is 2.57 bits per heavy atom. The lowest BCUT2D eigenvalue weighted by atomic mass is 10.0. The Bertz CT molecular complexity index is 331. The van der Waals surface area contributed by atoms with Gasteiger partial charge in [0, 0.05) is 33.6 Å². The van der Waals surface area contributed by atoms with Crippen LogP contribution in [-0.2, 0) is 11.2 Å². The molecule has 0 saturated carbocycles. The molecule has 0 amide bonds. The van der Waals surface area contributed by atoms with Crippen molar-refractivity contribution in [1.82, 2.24) is 5.32 Å². The molecule has 1 fully saturated rings. The van der Waals surface area contributed by atoms with Gasteiger partial charge in [0.05, 0.1) is 0 Å². The number of ketones is 1. The van der Waals surface area contributed by atoms with Gasteiger partial charge in [-0.05, 0) is 35.0 Å². The van der Waals surface area contributed by atoms with Crippen molar-refractivity contribution in [2.24, 2.45) is 5.92 Å². The van der Waals surface area contributed by atoms with Crippen LogP contribution in [0, 0.1) is 5.92 Å². The maximum atomic E-state index is 11.8. The van der Waals surface area contributed by atoms with E-state index in [1.807, 2.05) is 11.4 Å². The molecule has 1 unspecified atom stereocenters. The Morgan fingerprint density at radius 3 is 3.14 bits per heavy atom. The number of nitrogens with one attached hydrogen (secondary N) is 1. The summed E-state index contributed by atoms with van der Waals surface area (Å²) in [6.45, 7) is 1.86. The minimum absolute atomic E-state index is 0.246. The standard InChI is InChI=1S/C10H12BrNOS/c11-8-3-9(14-6-8)4-10(13)7-1-2-12-5-7/h3,6-7,12H,1-2,4-5H2. The van der Waals surface area contributed by atoms with Crippen LogP contribution in [0.25, 0.3) is 0 Å². The fourth-order valence-electron chi connectivity index (χ4n) is 1.69. The smallest absolute Gasteiger partial charge is 0.142 e. The summed E-state index contributed by atoms with van der Waals surface area (Å²) in [6.07, 6.45) is 1.61. The molecule has 0 spiro atoms. The summed E-state index contributed by atoms with van der Waals surface area (Å²) < 4.78 is 1.08. The van der Waals surface area contributed by atoms with Crippen molar-refractivity contribution in [2.75, 3.05) is 13.1 Å². The van der Waals surface area contributed by atoms with Crippen molar-refractivity contribution in [3.63, 3.8) is 0 Å². The molecule has 76 valence electrons. The second kappa shape index (κ2) is 4.55. The zero-order chi connectivity index (χ0) is 9.97. The minimum atomic E-state index is 0.246. The monoisotopic (exact) mass is 273 g/mol. The van der Waals surface area contributed by atoms with E-state index in [0.29, 0.717) is 12.2 Å². The maximum absolute atomic E-state index is 11.8. The molecule has 0 radical (unpaired) electrons. The van der Waals surface area contributed by atoms with Gasteiger partial charge >= 0.3 is 0 Å². The molecule has 0 aromatic carbocycles. The Kier molecular flexibility index (Phi) is 3.36. The second-order valence-electron chi connectivity index (χ2n) is 3.56. The zero-order valence-corrected chi connectivity index (χ0v) is 10.2. The average molecular weight is 274 g/mol. The van der Waals surface area contributed by atoms with Crippen molar-refractivity contribution in [3.8, 4) is 0 Å². The van der Waals surface area contributed by atoms with Gasteiger partial charge in [0.2, 0.25) is 0 Å². The number of carbonyl (C=O) groups excluding carboxylic acids is 1. The lowest BCUT2D eigenvalue weighted by Gasteiger charge is -2.04. The quantitative estimate of drug-likeness (QED) is 0.915. The van der Waals surface area contributed by atoms with E-state index in [4.69, 9.17) is 0 Å². The van der Waals surface area contributed by atoms with E-state index in [0.717, 1.165) is 28.9 Å². The van der Waals surface area contributed by atoms with E-state index in [-0.39, 0.29) is 5.92 Å². The fraction of sp³-hybridized carbons (Fsp3) is 0.500. The zero-order valence-electron chi connectivity index (χ0n) is 7.75. The van der Waals surface area contributed by atoms with Crippen molar-refractivity contribution in [1.29, 1.82) is 0 Å². The fourth-order valence-corrected chi connectivity index (χ4v) is 3.15. The normalized spacial score (nSPS) is 21.4. The van der Waals surface area contributed by atoms with E-state index in [2.05, 4.69) is 21.2 Å². The van der Waals surface area contributed by atoms with Gasteiger partial charge < -0.3 is 5.32 Å². The number of hydrogen-bond acceptors (Lipinski definition) is 3. The van der Waals surface area contributed by atoms with Crippen molar-refractivity contribution < 1.29 is 4.79 Å². The molecule has 1 aromatic rings. The van der Waals surface area contributed by atoms with Crippen LogP contribution in [0.2, 0.25) is 0 Å². The Hall–Kier alpha value is -0.190. The number of thiophene rings is 1. The first-order valence-corrected chi connectivity index (χ1v) is 6.39. The highest BCUT2D eigenvalue weighted by atomic mass is 79.9. The van der Waals surface area contributed by atoms with Crippen LogP contribution in [0.1, 0.15) is 11.3 Å². The first-order valence-electron chi connectivity index (χ1n) is 4.72. The van der Waals surface area contributed by atoms with Gasteiger partial charge in [0.1, 0.15) is 5.78 Å². The van der Waals surface area contributed by atoms with E-state index in [9.17, 15) is 4.79 Å². The predicted molar refractivity (Wildman–Crippen MR) is 61.7 cm³/mol. The molecule has 2 rings (SSSR count). The van der Waals surface area contributed by atoms with Crippen LogP contribution in [-0.4, -0.2) is 18.9 Å². The third kappa shape index (κ3) is 2.43. The van der Waals surface area contributed by atoms with Crippen molar-refractivity contribution >= 4 is 33.0 Å². The summed E-state index contributed by atoms with van der Waals surface area (Å²) in [5, 5.41) is 5.24. The van der Waals surface area contributed by atoms with Crippen molar-refractivity contribution in [3.05, 3.63) is 20.8 Å². The van der Waals surface area contributed by atoms with Gasteiger partial charge in [0.25, 0.3) is 0 Å². The van der Waals surface area contributed by atoms with Crippen LogP contribution in [0.4, 0.5) is 0 Å². The van der Waals surface area contributed by atoms with E-state index >= 15 is 0 Å². The molecule has 2 nitrogen and oxygen atoms in total. The molecule has 0 bridgehead atoms. The molecule has 2 heterocycles. The average Bonchev–Trinajstić information content (AvgIpc) is 2.75. The highest BCUT2D eigenvalue weighted by Crippen LogP contribution is 2.22. The minimum Gasteiger partial charge on any atom is -0.316 e. The van der Waals surface area contributed by atoms with Crippen molar-refractivity contribution in [2.45, 2.75) is 12.8 Å². The highest BCUT2D eigenvalue weighted by molar-refractivity contribution is 9.10. The van der Waals surface area contributed by atoms with Gasteiger partial charge in [-0.25, -0.2) is 0 Å². The lowest BCUT2D eigenvalue weighted by molar-refractivity contribution is -0.121. The van der Waals surface area contributed by atoms with Crippen LogP contribution < -0.4 is 5.32 Å².